The molecule has 2 aliphatic heterocycles. The summed E-state index contributed by atoms with van der Waals surface area (Å²) in [6.07, 6.45) is 2.19. The van der Waals surface area contributed by atoms with Crippen molar-refractivity contribution in [3.05, 3.63) is 29.8 Å². The van der Waals surface area contributed by atoms with Crippen molar-refractivity contribution in [2.24, 2.45) is 11.8 Å². The van der Waals surface area contributed by atoms with Gasteiger partial charge in [-0.15, -0.1) is 0 Å². The summed E-state index contributed by atoms with van der Waals surface area (Å²) in [5.74, 6) is 0.546. The Bertz CT molecular complexity index is 560. The lowest BCUT2D eigenvalue weighted by atomic mass is 10.00. The van der Waals surface area contributed by atoms with Gasteiger partial charge < -0.3 is 4.74 Å². The van der Waals surface area contributed by atoms with E-state index < -0.39 is 0 Å². The van der Waals surface area contributed by atoms with Gasteiger partial charge in [-0.1, -0.05) is 25.5 Å². The van der Waals surface area contributed by atoms with Crippen LogP contribution in [0, 0.1) is 11.8 Å². The van der Waals surface area contributed by atoms with Gasteiger partial charge in [0.1, 0.15) is 5.75 Å². The third-order valence-corrected chi connectivity index (χ3v) is 4.79. The second-order valence-corrected chi connectivity index (χ2v) is 6.49. The van der Waals surface area contributed by atoms with E-state index in [4.69, 9.17) is 4.74 Å². The fraction of sp³-hybridized carbons (Fsp3) is 0.556. The second kappa shape index (κ2) is 6.71. The number of fused-ring (bicyclic) bond motifs is 1. The molecule has 1 aromatic rings. The fourth-order valence-electron chi connectivity index (χ4n) is 3.40. The Kier molecular flexibility index (Phi) is 4.66. The number of likely N-dealkylation sites (tertiary alicyclic amines) is 2. The SMILES string of the molecule is CCCCOc1ccc(CN2C[C@@H]3C(=O)N(C)C(=O)[C@@H]3C2)cc1. The quantitative estimate of drug-likeness (QED) is 0.594. The van der Waals surface area contributed by atoms with Gasteiger partial charge in [0.15, 0.2) is 0 Å². The van der Waals surface area contributed by atoms with E-state index in [0.29, 0.717) is 13.1 Å². The maximum Gasteiger partial charge on any atom is 0.234 e. The first-order valence-corrected chi connectivity index (χ1v) is 8.35. The number of nitrogens with zero attached hydrogens (tertiary/aromatic N) is 2. The van der Waals surface area contributed by atoms with Crippen LogP contribution in [0.2, 0.25) is 0 Å². The van der Waals surface area contributed by atoms with Gasteiger partial charge in [0, 0.05) is 26.7 Å². The Balaban J connectivity index is 1.55. The molecule has 124 valence electrons. The van der Waals surface area contributed by atoms with Crippen molar-refractivity contribution in [3.8, 4) is 5.75 Å². The van der Waals surface area contributed by atoms with Crippen LogP contribution in [0.3, 0.4) is 0 Å². The summed E-state index contributed by atoms with van der Waals surface area (Å²) in [4.78, 5) is 27.5. The molecule has 2 saturated heterocycles. The zero-order valence-electron chi connectivity index (χ0n) is 13.8. The molecule has 2 fully saturated rings. The minimum absolute atomic E-state index is 0.0258. The molecular weight excluding hydrogens is 292 g/mol. The smallest absolute Gasteiger partial charge is 0.234 e. The lowest BCUT2D eigenvalue weighted by molar-refractivity contribution is -0.138. The summed E-state index contributed by atoms with van der Waals surface area (Å²) in [7, 11) is 1.59. The fourth-order valence-corrected chi connectivity index (χ4v) is 3.40. The first kappa shape index (κ1) is 16.0. The molecule has 3 rings (SSSR count). The first-order chi connectivity index (χ1) is 11.1. The van der Waals surface area contributed by atoms with Crippen LogP contribution in [0.4, 0.5) is 0 Å². The highest BCUT2D eigenvalue weighted by atomic mass is 16.5. The van der Waals surface area contributed by atoms with Crippen molar-refractivity contribution in [1.29, 1.82) is 0 Å². The number of benzene rings is 1. The Hall–Kier alpha value is -1.88. The second-order valence-electron chi connectivity index (χ2n) is 6.49. The number of hydrogen-bond acceptors (Lipinski definition) is 4. The minimum atomic E-state index is -0.149. The molecule has 2 heterocycles. The maximum atomic E-state index is 12.0. The highest BCUT2D eigenvalue weighted by Gasteiger charge is 2.50. The number of unbranched alkanes of at least 4 members (excludes halogenated alkanes) is 1. The minimum Gasteiger partial charge on any atom is -0.494 e. The molecule has 0 saturated carbocycles. The van der Waals surface area contributed by atoms with Crippen molar-refractivity contribution in [3.63, 3.8) is 0 Å². The largest absolute Gasteiger partial charge is 0.494 e. The lowest BCUT2D eigenvalue weighted by Crippen LogP contribution is -2.32. The molecule has 0 N–H and O–H groups in total. The molecule has 5 nitrogen and oxygen atoms in total. The van der Waals surface area contributed by atoms with Crippen LogP contribution in [-0.2, 0) is 16.1 Å². The molecule has 2 amide bonds. The Labute approximate surface area is 137 Å². The molecule has 0 bridgehead atoms. The van der Waals surface area contributed by atoms with E-state index in [1.807, 2.05) is 12.1 Å². The van der Waals surface area contributed by atoms with Gasteiger partial charge in [-0.2, -0.15) is 0 Å². The van der Waals surface area contributed by atoms with Crippen LogP contribution >= 0.6 is 0 Å². The van der Waals surface area contributed by atoms with E-state index in [0.717, 1.165) is 31.7 Å². The van der Waals surface area contributed by atoms with Gasteiger partial charge in [-0.3, -0.25) is 19.4 Å². The number of hydrogen-bond donors (Lipinski definition) is 0. The van der Waals surface area contributed by atoms with Crippen molar-refractivity contribution in [2.75, 3.05) is 26.7 Å². The highest BCUT2D eigenvalue weighted by Crippen LogP contribution is 2.33. The van der Waals surface area contributed by atoms with Gasteiger partial charge in [0.25, 0.3) is 0 Å². The predicted molar refractivity (Wildman–Crippen MR) is 86.9 cm³/mol. The van der Waals surface area contributed by atoms with Crippen LogP contribution in [-0.4, -0.2) is 48.4 Å². The zero-order chi connectivity index (χ0) is 16.4. The standard InChI is InChI=1S/C18H24N2O3/c1-3-4-9-23-14-7-5-13(6-8-14)10-20-11-15-16(12-20)18(22)19(2)17(15)21/h5-8,15-16H,3-4,9-12H2,1-2H3/t15-,16+. The summed E-state index contributed by atoms with van der Waals surface area (Å²) < 4.78 is 5.66. The van der Waals surface area contributed by atoms with Gasteiger partial charge in [0.2, 0.25) is 11.8 Å². The van der Waals surface area contributed by atoms with Gasteiger partial charge in [0.05, 0.1) is 18.4 Å². The number of carbonyl (C=O) groups excluding carboxylic acids is 2. The van der Waals surface area contributed by atoms with Crippen LogP contribution in [0.5, 0.6) is 5.75 Å². The predicted octanol–water partition coefficient (Wildman–Crippen LogP) is 1.91. The molecule has 2 aliphatic rings. The summed E-state index contributed by atoms with van der Waals surface area (Å²) in [6.45, 7) is 5.02. The molecule has 2 atom stereocenters. The molecule has 0 spiro atoms. The Morgan fingerprint density at radius 1 is 1.09 bits per heavy atom. The monoisotopic (exact) mass is 316 g/mol. The zero-order valence-corrected chi connectivity index (χ0v) is 13.8. The maximum absolute atomic E-state index is 12.0. The van der Waals surface area contributed by atoms with E-state index in [1.54, 1.807) is 7.05 Å². The first-order valence-electron chi connectivity index (χ1n) is 8.35. The third-order valence-electron chi connectivity index (χ3n) is 4.79. The number of amides is 2. The van der Waals surface area contributed by atoms with E-state index in [1.165, 1.54) is 10.5 Å². The van der Waals surface area contributed by atoms with Gasteiger partial charge in [-0.25, -0.2) is 0 Å². The molecule has 0 unspecified atom stereocenters. The molecule has 0 aliphatic carbocycles. The van der Waals surface area contributed by atoms with Gasteiger partial charge in [-0.05, 0) is 24.1 Å². The van der Waals surface area contributed by atoms with Crippen LogP contribution in [0.25, 0.3) is 0 Å². The summed E-state index contributed by atoms with van der Waals surface area (Å²) >= 11 is 0. The van der Waals surface area contributed by atoms with Crippen molar-refractivity contribution in [1.82, 2.24) is 9.80 Å². The van der Waals surface area contributed by atoms with E-state index >= 15 is 0 Å². The van der Waals surface area contributed by atoms with E-state index in [9.17, 15) is 9.59 Å². The number of carbonyl (C=O) groups is 2. The highest BCUT2D eigenvalue weighted by molar-refractivity contribution is 6.05. The number of ether oxygens (including phenoxy) is 1. The van der Waals surface area contributed by atoms with Crippen LogP contribution in [0.1, 0.15) is 25.3 Å². The summed E-state index contributed by atoms with van der Waals surface area (Å²) in [6, 6.07) is 8.11. The molecule has 0 radical (unpaired) electrons. The molecule has 0 aromatic heterocycles. The van der Waals surface area contributed by atoms with Crippen molar-refractivity contribution in [2.45, 2.75) is 26.3 Å². The number of imide groups is 1. The topological polar surface area (TPSA) is 49.9 Å². The van der Waals surface area contributed by atoms with Crippen LogP contribution < -0.4 is 4.74 Å². The summed E-state index contributed by atoms with van der Waals surface area (Å²) in [5, 5.41) is 0. The molecule has 5 heteroatoms. The molecule has 23 heavy (non-hydrogen) atoms. The normalized spacial score (nSPS) is 24.3. The van der Waals surface area contributed by atoms with Crippen molar-refractivity contribution < 1.29 is 14.3 Å². The van der Waals surface area contributed by atoms with Crippen molar-refractivity contribution >= 4 is 11.8 Å². The lowest BCUT2D eigenvalue weighted by Gasteiger charge is -2.18. The van der Waals surface area contributed by atoms with Crippen LogP contribution in [0.15, 0.2) is 24.3 Å². The molecular formula is C18H24N2O3. The molecule has 1 aromatic carbocycles. The average Bonchev–Trinajstić information content (AvgIpc) is 3.05. The Morgan fingerprint density at radius 2 is 1.70 bits per heavy atom. The van der Waals surface area contributed by atoms with E-state index in [2.05, 4.69) is 24.0 Å². The van der Waals surface area contributed by atoms with E-state index in [-0.39, 0.29) is 23.7 Å². The van der Waals surface area contributed by atoms with Gasteiger partial charge >= 0.3 is 0 Å². The average molecular weight is 316 g/mol. The third kappa shape index (κ3) is 3.24. The Morgan fingerprint density at radius 3 is 2.26 bits per heavy atom. The number of rotatable bonds is 6. The summed E-state index contributed by atoms with van der Waals surface area (Å²) in [5.41, 5.74) is 1.18.